The molecular formula is C9H10O3. The first kappa shape index (κ1) is 8.59. The van der Waals surface area contributed by atoms with E-state index >= 15 is 0 Å². The van der Waals surface area contributed by atoms with E-state index < -0.39 is 5.97 Å². The molecule has 3 nitrogen and oxygen atoms in total. The Labute approximate surface area is 70.6 Å². The minimum Gasteiger partial charge on any atom is -0.465 e. The van der Waals surface area contributed by atoms with E-state index in [4.69, 9.17) is 9.15 Å². The maximum Gasteiger partial charge on any atom is 0.330 e. The zero-order valence-corrected chi connectivity index (χ0v) is 6.82. The maximum atomic E-state index is 10.7. The van der Waals surface area contributed by atoms with E-state index in [1.54, 1.807) is 19.1 Å². The van der Waals surface area contributed by atoms with E-state index in [0.29, 0.717) is 5.76 Å². The fourth-order valence-corrected chi connectivity index (χ4v) is 0.803. The van der Waals surface area contributed by atoms with Crippen molar-refractivity contribution in [1.29, 1.82) is 0 Å². The first-order chi connectivity index (χ1) is 5.74. The van der Waals surface area contributed by atoms with E-state index in [-0.39, 0.29) is 6.10 Å². The molecule has 0 radical (unpaired) electrons. The van der Waals surface area contributed by atoms with Crippen molar-refractivity contribution < 1.29 is 13.9 Å². The summed E-state index contributed by atoms with van der Waals surface area (Å²) in [4.78, 5) is 10.7. The van der Waals surface area contributed by atoms with E-state index in [1.165, 1.54) is 6.26 Å². The molecule has 0 amide bonds. The van der Waals surface area contributed by atoms with Crippen LogP contribution >= 0.6 is 0 Å². The highest BCUT2D eigenvalue weighted by atomic mass is 16.5. The monoisotopic (exact) mass is 166 g/mol. The molecule has 0 bridgehead atoms. The standard InChI is InChI=1S/C9H10O3/c1-3-9(10)12-7(2)8-5-4-6-11-8/h3-7H,1H2,2H3. The number of esters is 1. The Balaban J connectivity index is 2.55. The van der Waals surface area contributed by atoms with Crippen molar-refractivity contribution in [2.75, 3.05) is 0 Å². The van der Waals surface area contributed by atoms with Gasteiger partial charge in [-0.1, -0.05) is 6.58 Å². The second kappa shape index (κ2) is 3.76. The zero-order valence-electron chi connectivity index (χ0n) is 6.82. The molecule has 0 saturated heterocycles. The molecular weight excluding hydrogens is 156 g/mol. The Hall–Kier alpha value is -1.51. The second-order valence-corrected chi connectivity index (χ2v) is 2.30. The van der Waals surface area contributed by atoms with Gasteiger partial charge in [0.25, 0.3) is 0 Å². The zero-order chi connectivity index (χ0) is 8.97. The minimum absolute atomic E-state index is 0.356. The topological polar surface area (TPSA) is 39.4 Å². The number of carbonyl (C=O) groups is 1. The molecule has 1 aromatic heterocycles. The SMILES string of the molecule is C=CC(=O)OC(C)c1ccco1. The smallest absolute Gasteiger partial charge is 0.330 e. The number of furan rings is 1. The lowest BCUT2D eigenvalue weighted by Crippen LogP contribution is -2.04. The Bertz CT molecular complexity index is 261. The van der Waals surface area contributed by atoms with Crippen LogP contribution < -0.4 is 0 Å². The predicted octanol–water partition coefficient (Wildman–Crippen LogP) is 2.07. The normalized spacial score (nSPS) is 12.1. The average Bonchev–Trinajstić information content (AvgIpc) is 2.56. The number of ether oxygens (including phenoxy) is 1. The van der Waals surface area contributed by atoms with Crippen LogP contribution in [0.2, 0.25) is 0 Å². The van der Waals surface area contributed by atoms with Gasteiger partial charge in [0.05, 0.1) is 6.26 Å². The van der Waals surface area contributed by atoms with Crippen molar-refractivity contribution in [2.24, 2.45) is 0 Å². The van der Waals surface area contributed by atoms with Crippen LogP contribution in [0.1, 0.15) is 18.8 Å². The van der Waals surface area contributed by atoms with E-state index in [1.807, 2.05) is 0 Å². The van der Waals surface area contributed by atoms with Crippen LogP contribution in [-0.4, -0.2) is 5.97 Å². The summed E-state index contributed by atoms with van der Waals surface area (Å²) in [5.41, 5.74) is 0. The van der Waals surface area contributed by atoms with Gasteiger partial charge in [0.2, 0.25) is 0 Å². The molecule has 0 aliphatic carbocycles. The van der Waals surface area contributed by atoms with Gasteiger partial charge in [0.1, 0.15) is 5.76 Å². The summed E-state index contributed by atoms with van der Waals surface area (Å²) in [5.74, 6) is 0.184. The van der Waals surface area contributed by atoms with Gasteiger partial charge in [0, 0.05) is 6.08 Å². The van der Waals surface area contributed by atoms with Crippen LogP contribution in [0.3, 0.4) is 0 Å². The van der Waals surface area contributed by atoms with Gasteiger partial charge in [-0.25, -0.2) is 4.79 Å². The number of hydrogen-bond donors (Lipinski definition) is 0. The van der Waals surface area contributed by atoms with Crippen molar-refractivity contribution in [1.82, 2.24) is 0 Å². The molecule has 0 saturated carbocycles. The molecule has 0 aliphatic heterocycles. The van der Waals surface area contributed by atoms with Crippen LogP contribution in [0.4, 0.5) is 0 Å². The third-order valence-corrected chi connectivity index (χ3v) is 1.40. The first-order valence-electron chi connectivity index (χ1n) is 3.60. The predicted molar refractivity (Wildman–Crippen MR) is 43.4 cm³/mol. The lowest BCUT2D eigenvalue weighted by Gasteiger charge is -2.07. The van der Waals surface area contributed by atoms with Crippen LogP contribution in [0.5, 0.6) is 0 Å². The van der Waals surface area contributed by atoms with Crippen molar-refractivity contribution in [3.8, 4) is 0 Å². The molecule has 0 aliphatic rings. The Kier molecular flexibility index (Phi) is 2.69. The van der Waals surface area contributed by atoms with Crippen LogP contribution in [0.15, 0.2) is 35.5 Å². The van der Waals surface area contributed by atoms with Crippen molar-refractivity contribution in [3.63, 3.8) is 0 Å². The van der Waals surface area contributed by atoms with Crippen LogP contribution in [0.25, 0.3) is 0 Å². The van der Waals surface area contributed by atoms with Gasteiger partial charge < -0.3 is 9.15 Å². The van der Waals surface area contributed by atoms with Gasteiger partial charge in [-0.2, -0.15) is 0 Å². The molecule has 0 aromatic carbocycles. The lowest BCUT2D eigenvalue weighted by molar-refractivity contribution is -0.143. The van der Waals surface area contributed by atoms with Gasteiger partial charge in [-0.05, 0) is 19.1 Å². The van der Waals surface area contributed by atoms with Gasteiger partial charge >= 0.3 is 5.97 Å². The largest absolute Gasteiger partial charge is 0.465 e. The molecule has 1 atom stereocenters. The highest BCUT2D eigenvalue weighted by Crippen LogP contribution is 2.16. The molecule has 0 fully saturated rings. The van der Waals surface area contributed by atoms with Crippen molar-refractivity contribution >= 4 is 5.97 Å². The quantitative estimate of drug-likeness (QED) is 0.509. The fraction of sp³-hybridized carbons (Fsp3) is 0.222. The Morgan fingerprint density at radius 1 is 1.83 bits per heavy atom. The summed E-state index contributed by atoms with van der Waals surface area (Å²) < 4.78 is 9.92. The number of hydrogen-bond acceptors (Lipinski definition) is 3. The molecule has 1 aromatic rings. The highest BCUT2D eigenvalue weighted by molar-refractivity contribution is 5.81. The summed E-state index contributed by atoms with van der Waals surface area (Å²) in [7, 11) is 0. The molecule has 1 heterocycles. The lowest BCUT2D eigenvalue weighted by atomic mass is 10.3. The minimum atomic E-state index is -0.445. The molecule has 3 heteroatoms. The summed E-state index contributed by atoms with van der Waals surface area (Å²) in [6.07, 6.45) is 2.30. The molecule has 1 rings (SSSR count). The molecule has 0 N–H and O–H groups in total. The molecule has 0 spiro atoms. The molecule has 1 unspecified atom stereocenters. The van der Waals surface area contributed by atoms with Gasteiger partial charge in [-0.15, -0.1) is 0 Å². The summed E-state index contributed by atoms with van der Waals surface area (Å²) in [6, 6.07) is 3.49. The Morgan fingerprint density at radius 2 is 2.58 bits per heavy atom. The number of rotatable bonds is 3. The second-order valence-electron chi connectivity index (χ2n) is 2.30. The van der Waals surface area contributed by atoms with E-state index in [0.717, 1.165) is 6.08 Å². The average molecular weight is 166 g/mol. The fourth-order valence-electron chi connectivity index (χ4n) is 0.803. The third kappa shape index (κ3) is 1.99. The third-order valence-electron chi connectivity index (χ3n) is 1.40. The summed E-state index contributed by atoms with van der Waals surface area (Å²) >= 11 is 0. The molecule has 64 valence electrons. The van der Waals surface area contributed by atoms with Crippen LogP contribution in [0, 0.1) is 0 Å². The van der Waals surface area contributed by atoms with Crippen molar-refractivity contribution in [3.05, 3.63) is 36.8 Å². The Morgan fingerprint density at radius 3 is 3.08 bits per heavy atom. The maximum absolute atomic E-state index is 10.7. The van der Waals surface area contributed by atoms with Gasteiger partial charge in [-0.3, -0.25) is 0 Å². The van der Waals surface area contributed by atoms with E-state index in [9.17, 15) is 4.79 Å². The summed E-state index contributed by atoms with van der Waals surface area (Å²) in [6.45, 7) is 5.03. The van der Waals surface area contributed by atoms with Crippen molar-refractivity contribution in [2.45, 2.75) is 13.0 Å². The highest BCUT2D eigenvalue weighted by Gasteiger charge is 2.10. The summed E-state index contributed by atoms with van der Waals surface area (Å²) in [5, 5.41) is 0. The molecule has 12 heavy (non-hydrogen) atoms. The number of carbonyl (C=O) groups excluding carboxylic acids is 1. The van der Waals surface area contributed by atoms with Gasteiger partial charge in [0.15, 0.2) is 6.10 Å². The van der Waals surface area contributed by atoms with Crippen LogP contribution in [-0.2, 0) is 9.53 Å². The van der Waals surface area contributed by atoms with E-state index in [2.05, 4.69) is 6.58 Å². The first-order valence-corrected chi connectivity index (χ1v) is 3.60.